The predicted molar refractivity (Wildman–Crippen MR) is 156 cm³/mol. The smallest absolute Gasteiger partial charge is 0.222 e. The van der Waals surface area contributed by atoms with Crippen LogP contribution in [0.2, 0.25) is 5.02 Å². The molecule has 0 bridgehead atoms. The fourth-order valence-corrected chi connectivity index (χ4v) is 5.38. The number of aryl methyl sites for hydroxylation is 1. The van der Waals surface area contributed by atoms with Gasteiger partial charge in [0.15, 0.2) is 0 Å². The van der Waals surface area contributed by atoms with Crippen LogP contribution in [0.1, 0.15) is 68.0 Å². The van der Waals surface area contributed by atoms with Crippen molar-refractivity contribution in [2.24, 2.45) is 16.8 Å². The predicted octanol–water partition coefficient (Wildman–Crippen LogP) is 7.24. The number of ether oxygens (including phenoxy) is 1. The third-order valence-corrected chi connectivity index (χ3v) is 7.49. The molecule has 1 saturated carbocycles. The molecule has 8 heteroatoms. The summed E-state index contributed by atoms with van der Waals surface area (Å²) < 4.78 is 5.54. The lowest BCUT2D eigenvalue weighted by Crippen LogP contribution is -2.28. The van der Waals surface area contributed by atoms with Gasteiger partial charge in [-0.2, -0.15) is 0 Å². The number of halogens is 2. The fraction of sp³-hybridized carbons (Fsp3) is 0.400. The first kappa shape index (κ1) is 28.1. The van der Waals surface area contributed by atoms with Crippen molar-refractivity contribution in [3.05, 3.63) is 68.5 Å². The Balaban J connectivity index is 1.68. The van der Waals surface area contributed by atoms with E-state index in [1.54, 1.807) is 19.5 Å². The zero-order valence-corrected chi connectivity index (χ0v) is 24.2. The first-order valence-corrected chi connectivity index (χ1v) is 13.6. The van der Waals surface area contributed by atoms with Gasteiger partial charge in [-0.1, -0.05) is 55.2 Å². The molecule has 1 aliphatic rings. The molecule has 0 radical (unpaired) electrons. The molecule has 0 spiro atoms. The van der Waals surface area contributed by atoms with Crippen molar-refractivity contribution in [2.75, 3.05) is 7.11 Å². The van der Waals surface area contributed by atoms with E-state index in [1.807, 2.05) is 40.7 Å². The molecule has 38 heavy (non-hydrogen) atoms. The van der Waals surface area contributed by atoms with Gasteiger partial charge in [0, 0.05) is 52.1 Å². The number of nitrogens with zero attached hydrogens (tertiary/aromatic N) is 3. The summed E-state index contributed by atoms with van der Waals surface area (Å²) in [5.74, 6) is 1.08. The zero-order valence-electron chi connectivity index (χ0n) is 22.7. The lowest BCUT2D eigenvalue weighted by atomic mass is 9.97. The number of carbonyl (C=O) groups is 1. The molecule has 2 heterocycles. The van der Waals surface area contributed by atoms with Gasteiger partial charge in [-0.3, -0.25) is 14.8 Å². The second-order valence-corrected chi connectivity index (χ2v) is 11.0. The number of aromatic nitrogens is 2. The zero-order chi connectivity index (χ0) is 27.6. The van der Waals surface area contributed by atoms with Gasteiger partial charge in [0.2, 0.25) is 11.8 Å². The molecular formula is C30H34Cl2N4O2. The third-order valence-electron chi connectivity index (χ3n) is 6.99. The Bertz CT molecular complexity index is 1430. The molecule has 2 atom stereocenters. The normalized spacial score (nSPS) is 17.7. The number of rotatable bonds is 9. The summed E-state index contributed by atoms with van der Waals surface area (Å²) in [4.78, 5) is 26.1. The van der Waals surface area contributed by atoms with E-state index in [1.165, 1.54) is 5.56 Å². The number of amides is 1. The third kappa shape index (κ3) is 5.87. The van der Waals surface area contributed by atoms with Gasteiger partial charge in [0.25, 0.3) is 0 Å². The Morgan fingerprint density at radius 2 is 2.08 bits per heavy atom. The van der Waals surface area contributed by atoms with Gasteiger partial charge in [-0.15, -0.1) is 0 Å². The van der Waals surface area contributed by atoms with E-state index >= 15 is 0 Å². The van der Waals surface area contributed by atoms with Crippen molar-refractivity contribution in [1.82, 2.24) is 15.3 Å². The fourth-order valence-electron chi connectivity index (χ4n) is 4.99. The minimum atomic E-state index is -0.113. The Morgan fingerprint density at radius 3 is 2.74 bits per heavy atom. The van der Waals surface area contributed by atoms with E-state index in [2.05, 4.69) is 33.5 Å². The van der Waals surface area contributed by atoms with Gasteiger partial charge in [-0.25, -0.2) is 4.98 Å². The average Bonchev–Trinajstić information content (AvgIpc) is 3.65. The number of allylic oxidation sites excluding steroid dienone is 1. The molecule has 1 amide bonds. The second-order valence-electron chi connectivity index (χ2n) is 10.1. The van der Waals surface area contributed by atoms with Crippen molar-refractivity contribution in [3.63, 3.8) is 0 Å². The van der Waals surface area contributed by atoms with Crippen molar-refractivity contribution < 1.29 is 9.53 Å². The Kier molecular flexibility index (Phi) is 8.74. The molecule has 1 aliphatic carbocycles. The van der Waals surface area contributed by atoms with Crippen LogP contribution in [0.4, 0.5) is 0 Å². The van der Waals surface area contributed by atoms with E-state index in [-0.39, 0.29) is 11.8 Å². The molecule has 0 saturated heterocycles. The van der Waals surface area contributed by atoms with E-state index in [0.717, 1.165) is 51.8 Å². The van der Waals surface area contributed by atoms with Crippen LogP contribution in [0.25, 0.3) is 16.6 Å². The highest BCUT2D eigenvalue weighted by atomic mass is 35.5. The minimum Gasteiger partial charge on any atom is -0.481 e. The number of pyridine rings is 2. The molecule has 1 N–H and O–H groups in total. The summed E-state index contributed by atoms with van der Waals surface area (Å²) in [6.07, 6.45) is 5.17. The van der Waals surface area contributed by atoms with Gasteiger partial charge in [0.1, 0.15) is 0 Å². The van der Waals surface area contributed by atoms with Crippen LogP contribution in [-0.2, 0) is 17.8 Å². The number of hydrogen-bond donors (Lipinski definition) is 1. The number of nitrogens with one attached hydrogen (secondary N) is 1. The molecule has 6 nitrogen and oxygen atoms in total. The highest BCUT2D eigenvalue weighted by molar-refractivity contribution is 6.32. The van der Waals surface area contributed by atoms with Crippen molar-refractivity contribution >= 4 is 51.9 Å². The number of aliphatic imine (C=N–C) groups is 1. The van der Waals surface area contributed by atoms with Crippen LogP contribution >= 0.6 is 23.2 Å². The Hall–Kier alpha value is -2.96. The SMILES string of the molecule is CC=N/C(=C(\C)Cl)c1cc(C)nc2c([C@H]3CC3Cc3c(Cl)cnc(OC)c3CNC(=O)C(C)C)cccc12. The summed E-state index contributed by atoms with van der Waals surface area (Å²) in [6, 6.07) is 8.38. The van der Waals surface area contributed by atoms with Crippen molar-refractivity contribution in [3.8, 4) is 5.88 Å². The lowest BCUT2D eigenvalue weighted by molar-refractivity contribution is -0.124. The minimum absolute atomic E-state index is 0.0247. The lowest BCUT2D eigenvalue weighted by Gasteiger charge is -2.16. The highest BCUT2D eigenvalue weighted by Gasteiger charge is 2.40. The topological polar surface area (TPSA) is 76.5 Å². The monoisotopic (exact) mass is 552 g/mol. The Morgan fingerprint density at radius 1 is 1.32 bits per heavy atom. The Labute approximate surface area is 234 Å². The van der Waals surface area contributed by atoms with Crippen LogP contribution in [0, 0.1) is 18.8 Å². The average molecular weight is 554 g/mol. The van der Waals surface area contributed by atoms with Crippen molar-refractivity contribution in [2.45, 2.75) is 59.9 Å². The highest BCUT2D eigenvalue weighted by Crippen LogP contribution is 2.52. The first-order chi connectivity index (χ1) is 18.2. The van der Waals surface area contributed by atoms with Gasteiger partial charge >= 0.3 is 0 Å². The van der Waals surface area contributed by atoms with Crippen LogP contribution < -0.4 is 10.1 Å². The maximum Gasteiger partial charge on any atom is 0.222 e. The van der Waals surface area contributed by atoms with E-state index in [0.29, 0.717) is 34.3 Å². The summed E-state index contributed by atoms with van der Waals surface area (Å²) in [5, 5.41) is 5.26. The van der Waals surface area contributed by atoms with Crippen molar-refractivity contribution in [1.29, 1.82) is 0 Å². The van der Waals surface area contributed by atoms with Gasteiger partial charge in [-0.05, 0) is 62.6 Å². The summed E-state index contributed by atoms with van der Waals surface area (Å²) in [6.45, 7) is 9.81. The number of hydrogen-bond acceptors (Lipinski definition) is 5. The number of fused-ring (bicyclic) bond motifs is 1. The van der Waals surface area contributed by atoms with Crippen LogP contribution in [-0.4, -0.2) is 29.2 Å². The van der Waals surface area contributed by atoms with E-state index in [4.69, 9.17) is 32.9 Å². The summed E-state index contributed by atoms with van der Waals surface area (Å²) in [7, 11) is 1.59. The molecule has 2 aromatic heterocycles. The molecular weight excluding hydrogens is 519 g/mol. The summed E-state index contributed by atoms with van der Waals surface area (Å²) >= 11 is 13.1. The summed E-state index contributed by atoms with van der Waals surface area (Å²) in [5.41, 5.74) is 6.68. The molecule has 0 aliphatic heterocycles. The maximum atomic E-state index is 12.3. The second kappa shape index (κ2) is 11.8. The van der Waals surface area contributed by atoms with Crippen LogP contribution in [0.3, 0.4) is 0 Å². The molecule has 1 aromatic carbocycles. The number of para-hydroxylation sites is 1. The first-order valence-electron chi connectivity index (χ1n) is 12.9. The molecule has 4 rings (SSSR count). The number of methoxy groups -OCH3 is 1. The van der Waals surface area contributed by atoms with E-state index in [9.17, 15) is 4.79 Å². The van der Waals surface area contributed by atoms with Crippen LogP contribution in [0.15, 0.2) is 40.5 Å². The van der Waals surface area contributed by atoms with E-state index < -0.39 is 0 Å². The quantitative estimate of drug-likeness (QED) is 0.284. The largest absolute Gasteiger partial charge is 0.481 e. The maximum absolute atomic E-state index is 12.3. The van der Waals surface area contributed by atoms with Gasteiger partial charge < -0.3 is 10.1 Å². The number of benzene rings is 1. The molecule has 200 valence electrons. The standard InChI is InChI=1S/C30H34Cl2N4O2/c1-7-33-27(18(5)31)24-11-17(4)36-28-20(9-8-10-21(24)28)22-12-19(22)13-23-25(14-34-29(37)16(2)3)30(38-6)35-15-26(23)32/h7-11,15-16,19,22H,12-14H2,1-6H3,(H,34,37)/b27-18+,33-7?/t19?,22-/m0/s1. The van der Waals surface area contributed by atoms with Gasteiger partial charge in [0.05, 0.1) is 23.3 Å². The molecule has 1 fully saturated rings. The number of carbonyl (C=O) groups excluding carboxylic acids is 1. The van der Waals surface area contributed by atoms with Crippen LogP contribution in [0.5, 0.6) is 5.88 Å². The molecule has 1 unspecified atom stereocenters. The molecule has 3 aromatic rings.